The van der Waals surface area contributed by atoms with Gasteiger partial charge >= 0.3 is 0 Å². The van der Waals surface area contributed by atoms with E-state index in [2.05, 4.69) is 24.1 Å². The van der Waals surface area contributed by atoms with Crippen molar-refractivity contribution in [3.63, 3.8) is 0 Å². The molecule has 1 aliphatic carbocycles. The number of carbonyl (C=O) groups excluding carboxylic acids is 1. The number of aromatic nitrogens is 2. The second-order valence-electron chi connectivity index (χ2n) is 9.24. The number of hydrogen-bond donors (Lipinski definition) is 3. The summed E-state index contributed by atoms with van der Waals surface area (Å²) in [6.07, 6.45) is 1.08. The predicted octanol–water partition coefficient (Wildman–Crippen LogP) is 4.79. The number of H-pyrrole nitrogens is 1. The number of ketones is 1. The van der Waals surface area contributed by atoms with Crippen LogP contribution in [0, 0.1) is 8.99 Å². The van der Waals surface area contributed by atoms with Gasteiger partial charge in [-0.1, -0.05) is 39.5 Å². The van der Waals surface area contributed by atoms with Crippen LogP contribution in [0.2, 0.25) is 0 Å². The number of thioether (sulfide) groups is 1. The van der Waals surface area contributed by atoms with E-state index >= 15 is 0 Å². The minimum absolute atomic E-state index is 0.0153. The maximum absolute atomic E-state index is 13.4. The number of anilines is 1. The van der Waals surface area contributed by atoms with E-state index in [1.807, 2.05) is 36.4 Å². The van der Waals surface area contributed by atoms with Crippen LogP contribution >= 0.6 is 34.4 Å². The van der Waals surface area contributed by atoms with Crippen LogP contribution in [-0.2, 0) is 4.79 Å². The van der Waals surface area contributed by atoms with Crippen LogP contribution in [0.15, 0.2) is 33.4 Å². The van der Waals surface area contributed by atoms with Crippen LogP contribution < -0.4 is 15.6 Å². The molecule has 0 spiro atoms. The number of halogens is 1. The lowest BCUT2D eigenvalue weighted by atomic mass is 9.69. The summed E-state index contributed by atoms with van der Waals surface area (Å²) in [6.45, 7) is 8.21. The summed E-state index contributed by atoms with van der Waals surface area (Å²) < 4.78 is 5.94. The molecule has 2 aliphatic rings. The van der Waals surface area contributed by atoms with Crippen LogP contribution in [0.4, 0.5) is 5.82 Å². The molecule has 0 radical (unpaired) electrons. The average molecular weight is 567 g/mol. The van der Waals surface area contributed by atoms with E-state index in [-0.39, 0.29) is 27.8 Å². The fourth-order valence-corrected chi connectivity index (χ4v) is 5.79. The largest absolute Gasteiger partial charge is 0.504 e. The quantitative estimate of drug-likeness (QED) is 0.277. The Balaban J connectivity index is 1.98. The van der Waals surface area contributed by atoms with Crippen molar-refractivity contribution in [3.05, 3.63) is 48.5 Å². The highest BCUT2D eigenvalue weighted by Crippen LogP contribution is 2.49. The van der Waals surface area contributed by atoms with Gasteiger partial charge in [0, 0.05) is 28.9 Å². The van der Waals surface area contributed by atoms with Gasteiger partial charge in [-0.3, -0.25) is 9.59 Å². The van der Waals surface area contributed by atoms with Gasteiger partial charge in [0.2, 0.25) is 0 Å². The van der Waals surface area contributed by atoms with Crippen LogP contribution in [0.25, 0.3) is 0 Å². The summed E-state index contributed by atoms with van der Waals surface area (Å²) in [7, 11) is 1.48. The number of benzene rings is 1. The molecule has 1 aliphatic heterocycles. The van der Waals surface area contributed by atoms with Gasteiger partial charge in [-0.25, -0.2) is 4.98 Å². The third kappa shape index (κ3) is 4.16. The molecule has 1 unspecified atom stereocenters. The summed E-state index contributed by atoms with van der Waals surface area (Å²) in [5.41, 5.74) is 2.06. The number of methoxy groups -OCH3 is 1. The molecule has 3 N–H and O–H groups in total. The Hall–Kier alpha value is -2.01. The van der Waals surface area contributed by atoms with Crippen molar-refractivity contribution in [2.24, 2.45) is 5.41 Å². The van der Waals surface area contributed by atoms with Crippen molar-refractivity contribution < 1.29 is 14.6 Å². The molecular weight excluding hydrogens is 541 g/mol. The van der Waals surface area contributed by atoms with Gasteiger partial charge in [0.25, 0.3) is 5.56 Å². The van der Waals surface area contributed by atoms with Gasteiger partial charge in [-0.2, -0.15) is 0 Å². The molecule has 0 saturated carbocycles. The smallest absolute Gasteiger partial charge is 0.257 e. The van der Waals surface area contributed by atoms with E-state index in [1.54, 1.807) is 12.1 Å². The van der Waals surface area contributed by atoms with Crippen LogP contribution in [0.1, 0.15) is 57.6 Å². The Bertz CT molecular complexity index is 1200. The number of hydrogen-bond acceptors (Lipinski definition) is 7. The normalized spacial score (nSPS) is 19.5. The molecule has 2 heterocycles. The summed E-state index contributed by atoms with van der Waals surface area (Å²) in [5, 5.41) is 14.5. The average Bonchev–Trinajstić information content (AvgIpc) is 2.66. The highest BCUT2D eigenvalue weighted by molar-refractivity contribution is 14.1. The highest BCUT2D eigenvalue weighted by Gasteiger charge is 2.42. The number of fused-ring (bicyclic) bond motifs is 1. The van der Waals surface area contributed by atoms with Gasteiger partial charge in [0.05, 0.1) is 16.2 Å². The summed E-state index contributed by atoms with van der Waals surface area (Å²) in [4.78, 5) is 34.2. The fraction of sp³-hybridized carbons (Fsp3) is 0.435. The Labute approximate surface area is 204 Å². The van der Waals surface area contributed by atoms with Crippen molar-refractivity contribution in [1.29, 1.82) is 0 Å². The van der Waals surface area contributed by atoms with Crippen molar-refractivity contribution in [2.75, 3.05) is 12.4 Å². The lowest BCUT2D eigenvalue weighted by molar-refractivity contribution is -0.118. The first kappa shape index (κ1) is 23.2. The number of aromatic amines is 1. The van der Waals surface area contributed by atoms with E-state index in [0.717, 1.165) is 5.70 Å². The molecule has 1 aromatic heterocycles. The zero-order valence-electron chi connectivity index (χ0n) is 18.6. The monoisotopic (exact) mass is 567 g/mol. The number of nitrogens with one attached hydrogen (secondary N) is 2. The molecule has 9 heteroatoms. The van der Waals surface area contributed by atoms with Crippen LogP contribution in [0.3, 0.4) is 0 Å². The standard InChI is InChI=1S/C23H26IN3O4S/c1-10(2)32-22-26-20-18(21(30)27-22)16(11-6-12(24)19(29)15(7-11)31-5)17-13(25-20)8-23(3,4)9-14(17)28/h6-7,10,16,29H,8-9H2,1-5H3,(H2,25,26,27,30). The Morgan fingerprint density at radius 1 is 1.28 bits per heavy atom. The highest BCUT2D eigenvalue weighted by atomic mass is 127. The van der Waals surface area contributed by atoms with Gasteiger partial charge in [-0.05, 0) is 52.1 Å². The third-order valence-corrected chi connectivity index (χ3v) is 7.36. The second kappa shape index (κ2) is 8.40. The SMILES string of the molecule is COc1cc(C2C3=C(CC(C)(C)CC3=O)Nc3nc(SC(C)C)[nH]c(=O)c32)cc(I)c1O. The minimum Gasteiger partial charge on any atom is -0.504 e. The zero-order chi connectivity index (χ0) is 23.4. The first-order valence-corrected chi connectivity index (χ1v) is 12.4. The maximum atomic E-state index is 13.4. The van der Waals surface area contributed by atoms with Crippen molar-refractivity contribution in [2.45, 2.75) is 56.9 Å². The summed E-state index contributed by atoms with van der Waals surface area (Å²) in [5.74, 6) is 0.234. The molecule has 0 bridgehead atoms. The number of allylic oxidation sites excluding steroid dienone is 2. The number of phenols is 1. The Morgan fingerprint density at radius 2 is 2.00 bits per heavy atom. The summed E-state index contributed by atoms with van der Waals surface area (Å²) >= 11 is 3.51. The van der Waals surface area contributed by atoms with Gasteiger partial charge in [0.15, 0.2) is 22.4 Å². The van der Waals surface area contributed by atoms with E-state index in [9.17, 15) is 14.7 Å². The first-order valence-electron chi connectivity index (χ1n) is 10.4. The molecule has 2 aromatic rings. The number of aromatic hydroxyl groups is 1. The lowest BCUT2D eigenvalue weighted by Gasteiger charge is -2.38. The van der Waals surface area contributed by atoms with Crippen LogP contribution in [0.5, 0.6) is 11.5 Å². The molecule has 170 valence electrons. The van der Waals surface area contributed by atoms with Crippen molar-refractivity contribution in [1.82, 2.24) is 9.97 Å². The summed E-state index contributed by atoms with van der Waals surface area (Å²) in [6, 6.07) is 3.50. The Kier molecular flexibility index (Phi) is 6.08. The molecule has 0 fully saturated rings. The van der Waals surface area contributed by atoms with Crippen LogP contribution in [-0.4, -0.2) is 33.2 Å². The van der Waals surface area contributed by atoms with Gasteiger partial charge < -0.3 is 20.1 Å². The van der Waals surface area contributed by atoms with E-state index < -0.39 is 5.92 Å². The molecule has 1 atom stereocenters. The molecule has 32 heavy (non-hydrogen) atoms. The van der Waals surface area contributed by atoms with Crippen molar-refractivity contribution >= 4 is 46.0 Å². The Morgan fingerprint density at radius 3 is 2.66 bits per heavy atom. The minimum atomic E-state index is -0.595. The topological polar surface area (TPSA) is 104 Å². The number of rotatable bonds is 4. The molecule has 0 amide bonds. The van der Waals surface area contributed by atoms with Gasteiger partial charge in [-0.15, -0.1) is 0 Å². The molecule has 4 rings (SSSR count). The molecule has 1 aromatic carbocycles. The number of phenolic OH excluding ortho intramolecular Hbond substituents is 1. The van der Waals surface area contributed by atoms with E-state index in [0.29, 0.717) is 49.8 Å². The number of nitrogens with zero attached hydrogens (tertiary/aromatic N) is 1. The van der Waals surface area contributed by atoms with Gasteiger partial charge in [0.1, 0.15) is 5.82 Å². The first-order chi connectivity index (χ1) is 15.0. The predicted molar refractivity (Wildman–Crippen MR) is 134 cm³/mol. The lowest BCUT2D eigenvalue weighted by Crippen LogP contribution is -2.37. The fourth-order valence-electron chi connectivity index (χ4n) is 4.42. The van der Waals surface area contributed by atoms with E-state index in [1.165, 1.54) is 18.9 Å². The maximum Gasteiger partial charge on any atom is 0.257 e. The number of ether oxygens (including phenoxy) is 1. The molecule has 0 saturated heterocycles. The zero-order valence-corrected chi connectivity index (χ0v) is 21.6. The second-order valence-corrected chi connectivity index (χ2v) is 12.0. The number of Topliss-reactive ketones (excluding diaryl/α,β-unsaturated/α-hetero) is 1. The third-order valence-electron chi connectivity index (χ3n) is 5.65. The van der Waals surface area contributed by atoms with Crippen molar-refractivity contribution in [3.8, 4) is 11.5 Å². The number of carbonyl (C=O) groups is 1. The van der Waals surface area contributed by atoms with E-state index in [4.69, 9.17) is 9.72 Å². The molecular formula is C23H26IN3O4S. The molecule has 7 nitrogen and oxygen atoms in total.